The van der Waals surface area contributed by atoms with Gasteiger partial charge in [-0.2, -0.15) is 0 Å². The standard InChI is InChI=1S/C14H17N3O/c1-3-7-12(8-4-1)11-13-15-16-14(18-13)17-9-5-2-6-10-17/h1,3-4,7-8H,2,5-6,9-11H2. The molecule has 2 heterocycles. The van der Waals surface area contributed by atoms with Crippen molar-refractivity contribution in [2.24, 2.45) is 0 Å². The molecule has 0 amide bonds. The van der Waals surface area contributed by atoms with Crippen molar-refractivity contribution in [3.63, 3.8) is 0 Å². The Morgan fingerprint density at radius 2 is 1.78 bits per heavy atom. The molecule has 4 heteroatoms. The molecule has 0 radical (unpaired) electrons. The van der Waals surface area contributed by atoms with E-state index >= 15 is 0 Å². The minimum atomic E-state index is 0.681. The van der Waals surface area contributed by atoms with Crippen LogP contribution in [0.15, 0.2) is 34.7 Å². The molecule has 1 aromatic heterocycles. The molecule has 3 rings (SSSR count). The van der Waals surface area contributed by atoms with Crippen molar-refractivity contribution in [3.8, 4) is 0 Å². The predicted molar refractivity (Wildman–Crippen MR) is 69.6 cm³/mol. The maximum atomic E-state index is 5.73. The summed E-state index contributed by atoms with van der Waals surface area (Å²) in [6.45, 7) is 2.07. The monoisotopic (exact) mass is 243 g/mol. The maximum absolute atomic E-state index is 5.73. The van der Waals surface area contributed by atoms with Gasteiger partial charge in [-0.05, 0) is 24.8 Å². The number of hydrogen-bond acceptors (Lipinski definition) is 4. The molecule has 1 aliphatic rings. The fraction of sp³-hybridized carbons (Fsp3) is 0.429. The van der Waals surface area contributed by atoms with E-state index in [1.165, 1.54) is 24.8 Å². The van der Waals surface area contributed by atoms with E-state index in [9.17, 15) is 0 Å². The van der Waals surface area contributed by atoms with Crippen LogP contribution < -0.4 is 4.90 Å². The summed E-state index contributed by atoms with van der Waals surface area (Å²) in [4.78, 5) is 2.19. The molecule has 0 atom stereocenters. The number of benzene rings is 1. The van der Waals surface area contributed by atoms with Gasteiger partial charge in [0.05, 0.1) is 6.42 Å². The van der Waals surface area contributed by atoms with Crippen LogP contribution >= 0.6 is 0 Å². The van der Waals surface area contributed by atoms with Crippen molar-refractivity contribution in [1.29, 1.82) is 0 Å². The maximum Gasteiger partial charge on any atom is 0.318 e. The lowest BCUT2D eigenvalue weighted by atomic mass is 10.1. The van der Waals surface area contributed by atoms with Gasteiger partial charge >= 0.3 is 6.01 Å². The molecule has 1 saturated heterocycles. The van der Waals surface area contributed by atoms with Crippen molar-refractivity contribution >= 4 is 6.01 Å². The van der Waals surface area contributed by atoms with E-state index < -0.39 is 0 Å². The van der Waals surface area contributed by atoms with Crippen molar-refractivity contribution in [2.75, 3.05) is 18.0 Å². The molecule has 1 aromatic carbocycles. The van der Waals surface area contributed by atoms with Gasteiger partial charge in [-0.1, -0.05) is 35.4 Å². The summed E-state index contributed by atoms with van der Waals surface area (Å²) in [6.07, 6.45) is 4.45. The zero-order valence-electron chi connectivity index (χ0n) is 10.4. The van der Waals surface area contributed by atoms with Gasteiger partial charge in [-0.25, -0.2) is 0 Å². The molecule has 0 saturated carbocycles. The summed E-state index contributed by atoms with van der Waals surface area (Å²) in [6, 6.07) is 10.9. The van der Waals surface area contributed by atoms with Crippen LogP contribution in [0.3, 0.4) is 0 Å². The Bertz CT molecular complexity index is 489. The summed E-state index contributed by atoms with van der Waals surface area (Å²) < 4.78 is 5.73. The van der Waals surface area contributed by atoms with Crippen molar-refractivity contribution in [2.45, 2.75) is 25.7 Å². The molecule has 1 aliphatic heterocycles. The van der Waals surface area contributed by atoms with Crippen LogP contribution in [0.25, 0.3) is 0 Å². The highest BCUT2D eigenvalue weighted by molar-refractivity contribution is 5.25. The van der Waals surface area contributed by atoms with Crippen LogP contribution in [-0.4, -0.2) is 23.3 Å². The van der Waals surface area contributed by atoms with Gasteiger partial charge < -0.3 is 9.32 Å². The molecule has 0 N–H and O–H groups in total. The highest BCUT2D eigenvalue weighted by Gasteiger charge is 2.16. The number of nitrogens with zero attached hydrogens (tertiary/aromatic N) is 3. The highest BCUT2D eigenvalue weighted by Crippen LogP contribution is 2.19. The topological polar surface area (TPSA) is 42.2 Å². The lowest BCUT2D eigenvalue weighted by molar-refractivity contribution is 0.467. The van der Waals surface area contributed by atoms with E-state index in [0.29, 0.717) is 18.3 Å². The molecular formula is C14H17N3O. The van der Waals surface area contributed by atoms with Crippen LogP contribution in [0.1, 0.15) is 30.7 Å². The van der Waals surface area contributed by atoms with Gasteiger partial charge in [0.2, 0.25) is 5.89 Å². The summed E-state index contributed by atoms with van der Waals surface area (Å²) in [7, 11) is 0. The Balaban J connectivity index is 1.69. The molecule has 4 nitrogen and oxygen atoms in total. The van der Waals surface area contributed by atoms with Crippen LogP contribution in [0.4, 0.5) is 6.01 Å². The molecule has 0 spiro atoms. The minimum Gasteiger partial charge on any atom is -0.408 e. The third-order valence-corrected chi connectivity index (χ3v) is 3.28. The third-order valence-electron chi connectivity index (χ3n) is 3.28. The summed E-state index contributed by atoms with van der Waals surface area (Å²) >= 11 is 0. The Hall–Kier alpha value is -1.84. The number of rotatable bonds is 3. The van der Waals surface area contributed by atoms with E-state index in [1.54, 1.807) is 0 Å². The predicted octanol–water partition coefficient (Wildman–Crippen LogP) is 2.65. The van der Waals surface area contributed by atoms with Crippen LogP contribution in [0.2, 0.25) is 0 Å². The zero-order chi connectivity index (χ0) is 12.2. The first kappa shape index (κ1) is 11.3. The quantitative estimate of drug-likeness (QED) is 0.831. The summed E-state index contributed by atoms with van der Waals surface area (Å²) in [5, 5.41) is 8.27. The molecule has 1 fully saturated rings. The van der Waals surface area contributed by atoms with E-state index in [-0.39, 0.29) is 0 Å². The fourth-order valence-electron chi connectivity index (χ4n) is 2.30. The first-order valence-electron chi connectivity index (χ1n) is 6.53. The molecule has 2 aromatic rings. The second-order valence-electron chi connectivity index (χ2n) is 4.69. The van der Waals surface area contributed by atoms with E-state index in [1.807, 2.05) is 18.2 Å². The van der Waals surface area contributed by atoms with Crippen molar-refractivity contribution in [3.05, 3.63) is 41.8 Å². The average Bonchev–Trinajstić information content (AvgIpc) is 2.89. The van der Waals surface area contributed by atoms with Crippen LogP contribution in [0, 0.1) is 0 Å². The van der Waals surface area contributed by atoms with Gasteiger partial charge in [0.25, 0.3) is 0 Å². The van der Waals surface area contributed by atoms with Gasteiger partial charge in [-0.3, -0.25) is 0 Å². The minimum absolute atomic E-state index is 0.681. The zero-order valence-corrected chi connectivity index (χ0v) is 10.4. The Kier molecular flexibility index (Phi) is 3.26. The first-order chi connectivity index (χ1) is 8.92. The molecular weight excluding hydrogens is 226 g/mol. The third kappa shape index (κ3) is 2.53. The lowest BCUT2D eigenvalue weighted by Gasteiger charge is -2.24. The Morgan fingerprint density at radius 1 is 1.00 bits per heavy atom. The summed E-state index contributed by atoms with van der Waals surface area (Å²) in [5.41, 5.74) is 1.20. The SMILES string of the molecule is c1ccc(Cc2nnc(N3CCCCC3)o2)cc1. The number of aromatic nitrogens is 2. The van der Waals surface area contributed by atoms with Crippen molar-refractivity contribution in [1.82, 2.24) is 10.2 Å². The summed E-state index contributed by atoms with van der Waals surface area (Å²) in [5.74, 6) is 0.696. The smallest absolute Gasteiger partial charge is 0.318 e. The Morgan fingerprint density at radius 3 is 2.56 bits per heavy atom. The normalized spacial score (nSPS) is 15.9. The van der Waals surface area contributed by atoms with Gasteiger partial charge in [0, 0.05) is 13.1 Å². The van der Waals surface area contributed by atoms with Gasteiger partial charge in [0.1, 0.15) is 0 Å². The number of piperidine rings is 1. The van der Waals surface area contributed by atoms with Crippen molar-refractivity contribution < 1.29 is 4.42 Å². The van der Waals surface area contributed by atoms with Gasteiger partial charge in [-0.15, -0.1) is 5.10 Å². The van der Waals surface area contributed by atoms with E-state index in [4.69, 9.17) is 4.42 Å². The van der Waals surface area contributed by atoms with Crippen LogP contribution in [0.5, 0.6) is 0 Å². The second kappa shape index (κ2) is 5.21. The number of anilines is 1. The molecule has 0 unspecified atom stereocenters. The van der Waals surface area contributed by atoms with E-state index in [0.717, 1.165) is 13.1 Å². The number of hydrogen-bond donors (Lipinski definition) is 0. The van der Waals surface area contributed by atoms with Crippen LogP contribution in [-0.2, 0) is 6.42 Å². The molecule has 94 valence electrons. The molecule has 0 bridgehead atoms. The molecule has 18 heavy (non-hydrogen) atoms. The molecule has 0 aliphatic carbocycles. The lowest BCUT2D eigenvalue weighted by Crippen LogP contribution is -2.29. The fourth-order valence-corrected chi connectivity index (χ4v) is 2.30. The second-order valence-corrected chi connectivity index (χ2v) is 4.69. The first-order valence-corrected chi connectivity index (χ1v) is 6.53. The largest absolute Gasteiger partial charge is 0.408 e. The van der Waals surface area contributed by atoms with Gasteiger partial charge in [0.15, 0.2) is 0 Å². The Labute approximate surface area is 107 Å². The van der Waals surface area contributed by atoms with E-state index in [2.05, 4.69) is 27.2 Å². The highest BCUT2D eigenvalue weighted by atomic mass is 16.4. The average molecular weight is 243 g/mol.